The number of rotatable bonds is 4. The van der Waals surface area contributed by atoms with Gasteiger partial charge < -0.3 is 4.90 Å². The molecule has 0 bridgehead atoms. The zero-order valence-corrected chi connectivity index (χ0v) is 19.8. The zero-order valence-electron chi connectivity index (χ0n) is 19.0. The number of nitrogens with zero attached hydrogens (tertiary/aromatic N) is 6. The molecule has 0 N–H and O–H groups in total. The summed E-state index contributed by atoms with van der Waals surface area (Å²) in [5, 5.41) is 4.45. The van der Waals surface area contributed by atoms with Crippen LogP contribution >= 0.6 is 0 Å². The minimum absolute atomic E-state index is 0.0234. The summed E-state index contributed by atoms with van der Waals surface area (Å²) in [5.74, 6) is -0.746. The smallest absolute Gasteiger partial charge is 0.329 e. The summed E-state index contributed by atoms with van der Waals surface area (Å²) in [6, 6.07) is -0.695. The summed E-state index contributed by atoms with van der Waals surface area (Å²) in [7, 11) is -0.431. The van der Waals surface area contributed by atoms with E-state index in [4.69, 9.17) is 0 Å². The Balaban J connectivity index is 1.87. The normalized spacial score (nSPS) is 18.1. The van der Waals surface area contributed by atoms with Crippen molar-refractivity contribution < 1.29 is 13.2 Å². The lowest BCUT2D eigenvalue weighted by molar-refractivity contribution is 0.0696. The van der Waals surface area contributed by atoms with Crippen molar-refractivity contribution in [1.82, 2.24) is 28.8 Å². The van der Waals surface area contributed by atoms with Gasteiger partial charge in [-0.1, -0.05) is 6.92 Å². The molecule has 0 saturated carbocycles. The second kappa shape index (κ2) is 8.25. The lowest BCUT2D eigenvalue weighted by atomic mass is 10.0. The highest BCUT2D eigenvalue weighted by Crippen LogP contribution is 2.30. The average molecular weight is 475 g/mol. The SMILES string of the molecule is CCc1c(C(=O)N2CCS(=O)(=O)CC2c2cnn(CC)c2)cnc2c1c(=O)n(C)c(=O)n2C. The van der Waals surface area contributed by atoms with Crippen molar-refractivity contribution in [2.75, 3.05) is 18.1 Å². The standard InChI is InChI=1S/C21H26N6O5S/c1-5-14-15(10-22-18-17(14)20(29)25(4)21(30)24(18)3)19(28)27-7-8-33(31,32)12-16(27)13-9-23-26(6-2)11-13/h9-11,16H,5-8,12H2,1-4H3. The van der Waals surface area contributed by atoms with Crippen LogP contribution in [0.3, 0.4) is 0 Å². The molecular formula is C21H26N6O5S. The number of carbonyl (C=O) groups is 1. The molecule has 1 amide bonds. The van der Waals surface area contributed by atoms with E-state index < -0.39 is 33.0 Å². The first-order valence-electron chi connectivity index (χ1n) is 10.7. The fourth-order valence-electron chi connectivity index (χ4n) is 4.34. The lowest BCUT2D eigenvalue weighted by Crippen LogP contribution is -2.46. The van der Waals surface area contributed by atoms with Crippen molar-refractivity contribution in [2.24, 2.45) is 14.1 Å². The van der Waals surface area contributed by atoms with Gasteiger partial charge in [-0.25, -0.2) is 18.2 Å². The molecule has 0 aliphatic carbocycles. The Kier molecular flexibility index (Phi) is 5.72. The Labute approximate surface area is 190 Å². The third-order valence-corrected chi connectivity index (χ3v) is 7.84. The first kappa shape index (κ1) is 22.9. The van der Waals surface area contributed by atoms with Crippen LogP contribution in [0.2, 0.25) is 0 Å². The monoisotopic (exact) mass is 474 g/mol. The molecule has 0 radical (unpaired) electrons. The maximum Gasteiger partial charge on any atom is 0.332 e. The molecule has 176 valence electrons. The molecule has 0 aromatic carbocycles. The van der Waals surface area contributed by atoms with Crippen molar-refractivity contribution >= 4 is 26.8 Å². The average Bonchev–Trinajstić information content (AvgIpc) is 3.28. The second-order valence-corrected chi connectivity index (χ2v) is 10.4. The Hall–Kier alpha value is -3.28. The van der Waals surface area contributed by atoms with Crippen LogP contribution in [0, 0.1) is 0 Å². The van der Waals surface area contributed by atoms with Gasteiger partial charge in [-0.2, -0.15) is 5.10 Å². The van der Waals surface area contributed by atoms with Crippen molar-refractivity contribution in [3.63, 3.8) is 0 Å². The Morgan fingerprint density at radius 3 is 2.52 bits per heavy atom. The molecule has 1 aliphatic rings. The number of pyridine rings is 1. The third-order valence-electron chi connectivity index (χ3n) is 6.21. The van der Waals surface area contributed by atoms with Crippen LogP contribution in [0.4, 0.5) is 0 Å². The molecule has 3 aromatic rings. The predicted molar refractivity (Wildman–Crippen MR) is 122 cm³/mol. The quantitative estimate of drug-likeness (QED) is 0.521. The van der Waals surface area contributed by atoms with Crippen molar-refractivity contribution in [3.05, 3.63) is 56.1 Å². The highest BCUT2D eigenvalue weighted by Gasteiger charge is 2.37. The van der Waals surface area contributed by atoms with E-state index >= 15 is 0 Å². The Morgan fingerprint density at radius 1 is 1.15 bits per heavy atom. The lowest BCUT2D eigenvalue weighted by Gasteiger charge is -2.35. The van der Waals surface area contributed by atoms with Crippen LogP contribution in [-0.2, 0) is 36.9 Å². The summed E-state index contributed by atoms with van der Waals surface area (Å²) in [5.41, 5.74) is 0.534. The van der Waals surface area contributed by atoms with E-state index in [0.717, 1.165) is 4.57 Å². The number of fused-ring (bicyclic) bond motifs is 1. The molecule has 12 heteroatoms. The van der Waals surface area contributed by atoms with Gasteiger partial charge in [-0.05, 0) is 18.9 Å². The van der Waals surface area contributed by atoms with Crippen LogP contribution < -0.4 is 11.2 Å². The summed E-state index contributed by atoms with van der Waals surface area (Å²) in [6.45, 7) is 4.37. The van der Waals surface area contributed by atoms with Gasteiger partial charge in [0.2, 0.25) is 0 Å². The molecule has 1 saturated heterocycles. The number of hydrogen-bond donors (Lipinski definition) is 0. The molecule has 1 unspecified atom stereocenters. The summed E-state index contributed by atoms with van der Waals surface area (Å²) < 4.78 is 28.8. The number of sulfone groups is 1. The number of carbonyl (C=O) groups excluding carboxylic acids is 1. The van der Waals surface area contributed by atoms with Gasteiger partial charge in [-0.15, -0.1) is 0 Å². The van der Waals surface area contributed by atoms with Gasteiger partial charge in [0.25, 0.3) is 11.5 Å². The van der Waals surface area contributed by atoms with Gasteiger partial charge in [0, 0.05) is 45.1 Å². The van der Waals surface area contributed by atoms with Crippen LogP contribution in [0.5, 0.6) is 0 Å². The zero-order chi connectivity index (χ0) is 24.1. The third kappa shape index (κ3) is 3.77. The molecule has 1 aliphatic heterocycles. The van der Waals surface area contributed by atoms with Gasteiger partial charge in [0.05, 0.1) is 34.7 Å². The van der Waals surface area contributed by atoms with E-state index in [1.807, 2.05) is 13.8 Å². The second-order valence-electron chi connectivity index (χ2n) is 8.17. The summed E-state index contributed by atoms with van der Waals surface area (Å²) in [6.07, 6.45) is 5.06. The van der Waals surface area contributed by atoms with Crippen LogP contribution in [-0.4, -0.2) is 61.2 Å². The van der Waals surface area contributed by atoms with Gasteiger partial charge in [-0.3, -0.25) is 23.4 Å². The van der Waals surface area contributed by atoms with Crippen molar-refractivity contribution in [3.8, 4) is 0 Å². The van der Waals surface area contributed by atoms with E-state index in [0.29, 0.717) is 24.1 Å². The summed E-state index contributed by atoms with van der Waals surface area (Å²) >= 11 is 0. The molecule has 1 atom stereocenters. The fraction of sp³-hybridized carbons (Fsp3) is 0.476. The molecule has 4 heterocycles. The molecule has 1 fully saturated rings. The molecule has 0 spiro atoms. The van der Waals surface area contributed by atoms with E-state index in [9.17, 15) is 22.8 Å². The van der Waals surface area contributed by atoms with Crippen LogP contribution in [0.25, 0.3) is 11.0 Å². The van der Waals surface area contributed by atoms with Gasteiger partial charge in [0.1, 0.15) is 5.65 Å². The van der Waals surface area contributed by atoms with Crippen LogP contribution in [0.1, 0.15) is 41.4 Å². The Morgan fingerprint density at radius 2 is 1.88 bits per heavy atom. The Bertz CT molecular complexity index is 1480. The topological polar surface area (TPSA) is 129 Å². The first-order chi connectivity index (χ1) is 15.6. The summed E-state index contributed by atoms with van der Waals surface area (Å²) in [4.78, 5) is 44.8. The largest absolute Gasteiger partial charge is 0.332 e. The number of aromatic nitrogens is 5. The molecule has 4 rings (SSSR count). The highest BCUT2D eigenvalue weighted by atomic mass is 32.2. The van der Waals surface area contributed by atoms with E-state index in [-0.39, 0.29) is 34.6 Å². The van der Waals surface area contributed by atoms with E-state index in [1.165, 1.54) is 29.8 Å². The van der Waals surface area contributed by atoms with Crippen LogP contribution in [0.15, 0.2) is 28.2 Å². The van der Waals surface area contributed by atoms with Gasteiger partial charge >= 0.3 is 5.69 Å². The molecule has 11 nitrogen and oxygen atoms in total. The number of hydrogen-bond acceptors (Lipinski definition) is 7. The van der Waals surface area contributed by atoms with Gasteiger partial charge in [0.15, 0.2) is 9.84 Å². The highest BCUT2D eigenvalue weighted by molar-refractivity contribution is 7.91. The number of amides is 1. The molecule has 33 heavy (non-hydrogen) atoms. The van der Waals surface area contributed by atoms with Crippen molar-refractivity contribution in [1.29, 1.82) is 0 Å². The predicted octanol–water partition coefficient (Wildman–Crippen LogP) is 0.0229. The van der Waals surface area contributed by atoms with E-state index in [2.05, 4.69) is 10.1 Å². The minimum Gasteiger partial charge on any atom is -0.329 e. The number of aryl methyl sites for hydroxylation is 3. The first-order valence-corrected chi connectivity index (χ1v) is 12.5. The minimum atomic E-state index is -3.34. The molecular weight excluding hydrogens is 448 g/mol. The van der Waals surface area contributed by atoms with E-state index in [1.54, 1.807) is 17.1 Å². The maximum absolute atomic E-state index is 13.7. The van der Waals surface area contributed by atoms with Crippen molar-refractivity contribution in [2.45, 2.75) is 32.9 Å². The fourth-order valence-corrected chi connectivity index (χ4v) is 5.84. The maximum atomic E-state index is 13.7. The molecule has 3 aromatic heterocycles.